The van der Waals surface area contributed by atoms with Crippen molar-refractivity contribution in [3.63, 3.8) is 0 Å². The normalized spacial score (nSPS) is 10.2. The fourth-order valence-corrected chi connectivity index (χ4v) is 1.93. The molecule has 1 amide bonds. The van der Waals surface area contributed by atoms with Crippen LogP contribution in [0.15, 0.2) is 24.3 Å². The number of carboxylic acids is 1. The van der Waals surface area contributed by atoms with Crippen LogP contribution in [0.4, 0.5) is 4.39 Å². The third-order valence-electron chi connectivity index (χ3n) is 3.11. The summed E-state index contributed by atoms with van der Waals surface area (Å²) in [6.45, 7) is 3.19. The monoisotopic (exact) mass is 332 g/mol. The SMILES string of the molecule is CCN(Cc1cccc(F)c1)C(=O)CN(C)CCC(=O)O.Cl. The maximum Gasteiger partial charge on any atom is 0.304 e. The first-order chi connectivity index (χ1) is 9.92. The van der Waals surface area contributed by atoms with Crippen LogP contribution in [-0.4, -0.2) is 53.5 Å². The Morgan fingerprint density at radius 1 is 1.32 bits per heavy atom. The smallest absolute Gasteiger partial charge is 0.304 e. The third kappa shape index (κ3) is 7.38. The number of hydrogen-bond acceptors (Lipinski definition) is 3. The van der Waals surface area contributed by atoms with E-state index in [2.05, 4.69) is 0 Å². The van der Waals surface area contributed by atoms with E-state index in [0.717, 1.165) is 5.56 Å². The summed E-state index contributed by atoms with van der Waals surface area (Å²) in [5.74, 6) is -1.31. The summed E-state index contributed by atoms with van der Waals surface area (Å²) in [5, 5.41) is 8.62. The second-order valence-corrected chi connectivity index (χ2v) is 4.92. The number of nitrogens with zero attached hydrogens (tertiary/aromatic N) is 2. The second kappa shape index (κ2) is 10.1. The van der Waals surface area contributed by atoms with Gasteiger partial charge in [0.05, 0.1) is 13.0 Å². The summed E-state index contributed by atoms with van der Waals surface area (Å²) in [6, 6.07) is 6.15. The van der Waals surface area contributed by atoms with Crippen molar-refractivity contribution in [2.45, 2.75) is 19.9 Å². The standard InChI is InChI=1S/C15H21FN2O3.ClH/c1-3-18(10-12-5-4-6-13(16)9-12)14(19)11-17(2)8-7-15(20)21;/h4-6,9H,3,7-8,10-11H2,1-2H3,(H,20,21);1H. The Kier molecular flexibility index (Phi) is 9.37. The van der Waals surface area contributed by atoms with E-state index in [9.17, 15) is 14.0 Å². The van der Waals surface area contributed by atoms with Crippen molar-refractivity contribution < 1.29 is 19.1 Å². The number of amides is 1. The van der Waals surface area contributed by atoms with Gasteiger partial charge in [0.1, 0.15) is 5.82 Å². The molecular formula is C15H22ClFN2O3. The topological polar surface area (TPSA) is 60.9 Å². The molecule has 0 heterocycles. The first kappa shape index (κ1) is 20.3. The Bertz CT molecular complexity index is 499. The van der Waals surface area contributed by atoms with Crippen LogP contribution < -0.4 is 0 Å². The third-order valence-corrected chi connectivity index (χ3v) is 3.11. The molecule has 0 aromatic heterocycles. The summed E-state index contributed by atoms with van der Waals surface area (Å²) in [7, 11) is 1.71. The van der Waals surface area contributed by atoms with Gasteiger partial charge in [0.25, 0.3) is 0 Å². The molecule has 1 rings (SSSR count). The minimum atomic E-state index is -0.888. The number of rotatable bonds is 8. The number of likely N-dealkylation sites (N-methyl/N-ethyl adjacent to an activating group) is 2. The number of carbonyl (C=O) groups excluding carboxylic acids is 1. The fraction of sp³-hybridized carbons (Fsp3) is 0.467. The summed E-state index contributed by atoms with van der Waals surface area (Å²) in [6.07, 6.45) is -0.000197. The van der Waals surface area contributed by atoms with Crippen LogP contribution in [-0.2, 0) is 16.1 Å². The first-order valence-electron chi connectivity index (χ1n) is 6.85. The van der Waals surface area contributed by atoms with Gasteiger partial charge < -0.3 is 10.0 Å². The van der Waals surface area contributed by atoms with Crippen molar-refractivity contribution in [2.24, 2.45) is 0 Å². The van der Waals surface area contributed by atoms with Gasteiger partial charge in [-0.05, 0) is 31.7 Å². The van der Waals surface area contributed by atoms with Crippen LogP contribution >= 0.6 is 12.4 Å². The summed E-state index contributed by atoms with van der Waals surface area (Å²) in [5.41, 5.74) is 0.735. The Labute approximate surface area is 136 Å². The molecule has 1 aromatic rings. The Hall–Kier alpha value is -1.66. The van der Waals surface area contributed by atoms with Gasteiger partial charge in [-0.15, -0.1) is 12.4 Å². The first-order valence-corrected chi connectivity index (χ1v) is 6.85. The fourth-order valence-electron chi connectivity index (χ4n) is 1.93. The largest absolute Gasteiger partial charge is 0.481 e. The van der Waals surface area contributed by atoms with Crippen molar-refractivity contribution in [3.8, 4) is 0 Å². The minimum Gasteiger partial charge on any atom is -0.481 e. The Morgan fingerprint density at radius 3 is 2.55 bits per heavy atom. The molecule has 0 spiro atoms. The molecule has 124 valence electrons. The van der Waals surface area contributed by atoms with Crippen LogP contribution in [0.2, 0.25) is 0 Å². The van der Waals surface area contributed by atoms with Gasteiger partial charge in [-0.2, -0.15) is 0 Å². The average Bonchev–Trinajstić information content (AvgIpc) is 2.42. The second-order valence-electron chi connectivity index (χ2n) is 4.92. The van der Waals surface area contributed by atoms with Gasteiger partial charge >= 0.3 is 5.97 Å². The van der Waals surface area contributed by atoms with E-state index < -0.39 is 5.97 Å². The predicted octanol–water partition coefficient (Wildman–Crippen LogP) is 2.00. The summed E-state index contributed by atoms with van der Waals surface area (Å²) >= 11 is 0. The van der Waals surface area contributed by atoms with Gasteiger partial charge in [-0.1, -0.05) is 12.1 Å². The molecule has 0 fully saturated rings. The maximum atomic E-state index is 13.1. The highest BCUT2D eigenvalue weighted by Gasteiger charge is 2.15. The molecule has 22 heavy (non-hydrogen) atoms. The van der Waals surface area contributed by atoms with Gasteiger partial charge in [-0.3, -0.25) is 14.5 Å². The molecular weight excluding hydrogens is 311 g/mol. The van der Waals surface area contributed by atoms with Gasteiger partial charge in [-0.25, -0.2) is 4.39 Å². The van der Waals surface area contributed by atoms with E-state index in [0.29, 0.717) is 19.6 Å². The molecule has 5 nitrogen and oxygen atoms in total. The summed E-state index contributed by atoms with van der Waals surface area (Å²) in [4.78, 5) is 25.9. The molecule has 0 radical (unpaired) electrons. The molecule has 0 aliphatic heterocycles. The van der Waals surface area contributed by atoms with E-state index >= 15 is 0 Å². The van der Waals surface area contributed by atoms with Gasteiger partial charge in [0.2, 0.25) is 5.91 Å². The lowest BCUT2D eigenvalue weighted by molar-refractivity contribution is -0.138. The number of hydrogen-bond donors (Lipinski definition) is 1. The van der Waals surface area contributed by atoms with Crippen LogP contribution in [0.25, 0.3) is 0 Å². The Morgan fingerprint density at radius 2 is 2.00 bits per heavy atom. The molecule has 0 aliphatic rings. The van der Waals surface area contributed by atoms with E-state index in [-0.39, 0.29) is 37.1 Å². The highest BCUT2D eigenvalue weighted by molar-refractivity contribution is 5.85. The number of benzene rings is 1. The van der Waals surface area contributed by atoms with Crippen LogP contribution in [0.5, 0.6) is 0 Å². The molecule has 0 unspecified atom stereocenters. The van der Waals surface area contributed by atoms with Crippen molar-refractivity contribution in [3.05, 3.63) is 35.6 Å². The molecule has 0 aliphatic carbocycles. The van der Waals surface area contributed by atoms with Crippen molar-refractivity contribution >= 4 is 24.3 Å². The molecule has 7 heteroatoms. The van der Waals surface area contributed by atoms with Crippen molar-refractivity contribution in [1.29, 1.82) is 0 Å². The van der Waals surface area contributed by atoms with E-state index in [4.69, 9.17) is 5.11 Å². The Balaban J connectivity index is 0.00000441. The zero-order valence-electron chi connectivity index (χ0n) is 12.8. The number of halogens is 2. The van der Waals surface area contributed by atoms with E-state index in [1.54, 1.807) is 29.0 Å². The summed E-state index contributed by atoms with van der Waals surface area (Å²) < 4.78 is 13.1. The number of carbonyl (C=O) groups is 2. The molecule has 0 saturated carbocycles. The van der Waals surface area contributed by atoms with Crippen LogP contribution in [0.1, 0.15) is 18.9 Å². The molecule has 1 N–H and O–H groups in total. The van der Waals surface area contributed by atoms with Gasteiger partial charge in [0.15, 0.2) is 0 Å². The molecule has 0 saturated heterocycles. The van der Waals surface area contributed by atoms with E-state index in [1.165, 1.54) is 12.1 Å². The van der Waals surface area contributed by atoms with Crippen LogP contribution in [0, 0.1) is 5.82 Å². The minimum absolute atomic E-state index is 0. The number of carboxylic acid groups (broad SMARTS) is 1. The lowest BCUT2D eigenvalue weighted by atomic mass is 10.2. The highest BCUT2D eigenvalue weighted by atomic mass is 35.5. The quantitative estimate of drug-likeness (QED) is 0.791. The van der Waals surface area contributed by atoms with Crippen LogP contribution in [0.3, 0.4) is 0 Å². The maximum absolute atomic E-state index is 13.1. The van der Waals surface area contributed by atoms with Crippen molar-refractivity contribution in [2.75, 3.05) is 26.7 Å². The number of aliphatic carboxylic acids is 1. The highest BCUT2D eigenvalue weighted by Crippen LogP contribution is 2.08. The zero-order valence-corrected chi connectivity index (χ0v) is 13.6. The average molecular weight is 333 g/mol. The zero-order chi connectivity index (χ0) is 15.8. The molecule has 1 aromatic carbocycles. The molecule has 0 atom stereocenters. The lowest BCUT2D eigenvalue weighted by Crippen LogP contribution is -2.39. The predicted molar refractivity (Wildman–Crippen MR) is 84.5 cm³/mol. The van der Waals surface area contributed by atoms with Crippen molar-refractivity contribution in [1.82, 2.24) is 9.80 Å². The lowest BCUT2D eigenvalue weighted by Gasteiger charge is -2.24. The van der Waals surface area contributed by atoms with Gasteiger partial charge in [0, 0.05) is 19.6 Å². The van der Waals surface area contributed by atoms with E-state index in [1.807, 2.05) is 6.92 Å². The molecule has 0 bridgehead atoms.